The summed E-state index contributed by atoms with van der Waals surface area (Å²) >= 11 is 0. The van der Waals surface area contributed by atoms with Gasteiger partial charge in [0.1, 0.15) is 0 Å². The Morgan fingerprint density at radius 3 is 2.63 bits per heavy atom. The van der Waals surface area contributed by atoms with Gasteiger partial charge in [0.25, 0.3) is 5.56 Å². The molecule has 1 aromatic carbocycles. The number of carbonyl (C=O) groups excluding carboxylic acids is 1. The van der Waals surface area contributed by atoms with Gasteiger partial charge in [-0.3, -0.25) is 18.7 Å². The molecule has 8 nitrogen and oxygen atoms in total. The molecule has 3 rings (SSSR count). The molecule has 2 heterocycles. The molecule has 0 radical (unpaired) electrons. The Morgan fingerprint density at radius 2 is 1.89 bits per heavy atom. The molecule has 0 saturated heterocycles. The molecule has 0 aliphatic rings. The SMILES string of the molecule is Cc1ccccc1CNC(=O)CCCn1cnc2c1c(=O)n(C)c(=O)n2C. The summed E-state index contributed by atoms with van der Waals surface area (Å²) in [4.78, 5) is 40.6. The van der Waals surface area contributed by atoms with Crippen molar-refractivity contribution in [2.45, 2.75) is 32.9 Å². The van der Waals surface area contributed by atoms with E-state index in [9.17, 15) is 14.4 Å². The van der Waals surface area contributed by atoms with Crippen LogP contribution in [0.2, 0.25) is 0 Å². The number of benzene rings is 1. The second kappa shape index (κ2) is 7.61. The van der Waals surface area contributed by atoms with Crippen molar-refractivity contribution < 1.29 is 4.79 Å². The average molecular weight is 369 g/mol. The second-order valence-corrected chi connectivity index (χ2v) is 6.62. The average Bonchev–Trinajstić information content (AvgIpc) is 3.08. The summed E-state index contributed by atoms with van der Waals surface area (Å²) in [6, 6.07) is 7.93. The lowest BCUT2D eigenvalue weighted by Crippen LogP contribution is -2.37. The largest absolute Gasteiger partial charge is 0.352 e. The number of fused-ring (bicyclic) bond motifs is 1. The van der Waals surface area contributed by atoms with Gasteiger partial charge in [-0.15, -0.1) is 0 Å². The van der Waals surface area contributed by atoms with Crippen LogP contribution in [0.25, 0.3) is 11.2 Å². The number of imidazole rings is 1. The van der Waals surface area contributed by atoms with E-state index < -0.39 is 5.69 Å². The molecule has 0 unspecified atom stereocenters. The number of aromatic nitrogens is 4. The van der Waals surface area contributed by atoms with E-state index in [-0.39, 0.29) is 11.5 Å². The molecule has 142 valence electrons. The monoisotopic (exact) mass is 369 g/mol. The van der Waals surface area contributed by atoms with Crippen molar-refractivity contribution >= 4 is 17.1 Å². The highest BCUT2D eigenvalue weighted by Crippen LogP contribution is 2.08. The van der Waals surface area contributed by atoms with E-state index >= 15 is 0 Å². The Hall–Kier alpha value is -3.16. The molecular formula is C19H23N5O3. The molecule has 3 aromatic rings. The van der Waals surface area contributed by atoms with E-state index in [1.807, 2.05) is 31.2 Å². The molecule has 0 fully saturated rings. The first-order chi connectivity index (χ1) is 12.9. The minimum Gasteiger partial charge on any atom is -0.352 e. The van der Waals surface area contributed by atoms with Gasteiger partial charge in [-0.1, -0.05) is 24.3 Å². The van der Waals surface area contributed by atoms with Crippen molar-refractivity contribution in [1.82, 2.24) is 24.0 Å². The van der Waals surface area contributed by atoms with Crippen LogP contribution >= 0.6 is 0 Å². The quantitative estimate of drug-likeness (QED) is 0.697. The predicted octanol–water partition coefficient (Wildman–Crippen LogP) is 0.839. The number of carbonyl (C=O) groups is 1. The summed E-state index contributed by atoms with van der Waals surface area (Å²) in [5.74, 6) is -0.0389. The van der Waals surface area contributed by atoms with Crippen LogP contribution in [0, 0.1) is 6.92 Å². The van der Waals surface area contributed by atoms with Gasteiger partial charge in [-0.05, 0) is 24.5 Å². The number of nitrogens with zero attached hydrogens (tertiary/aromatic N) is 4. The first kappa shape index (κ1) is 18.6. The molecule has 1 amide bonds. The summed E-state index contributed by atoms with van der Waals surface area (Å²) in [7, 11) is 3.03. The number of hydrogen-bond donors (Lipinski definition) is 1. The highest BCUT2D eigenvalue weighted by molar-refractivity contribution is 5.76. The van der Waals surface area contributed by atoms with Gasteiger partial charge in [-0.25, -0.2) is 9.78 Å². The molecule has 8 heteroatoms. The van der Waals surface area contributed by atoms with Gasteiger partial charge in [0, 0.05) is 33.6 Å². The van der Waals surface area contributed by atoms with Crippen molar-refractivity contribution in [2.75, 3.05) is 0 Å². The van der Waals surface area contributed by atoms with Crippen LogP contribution in [-0.2, 0) is 32.0 Å². The first-order valence-electron chi connectivity index (χ1n) is 8.82. The van der Waals surface area contributed by atoms with Crippen molar-refractivity contribution in [3.8, 4) is 0 Å². The van der Waals surface area contributed by atoms with Crippen molar-refractivity contribution in [2.24, 2.45) is 14.1 Å². The number of hydrogen-bond acceptors (Lipinski definition) is 4. The maximum Gasteiger partial charge on any atom is 0.332 e. The summed E-state index contributed by atoms with van der Waals surface area (Å²) in [5, 5.41) is 2.92. The van der Waals surface area contributed by atoms with Gasteiger partial charge in [0.2, 0.25) is 5.91 Å². The zero-order valence-electron chi connectivity index (χ0n) is 15.7. The molecule has 0 aliphatic carbocycles. The summed E-state index contributed by atoms with van der Waals surface area (Å²) in [5.41, 5.74) is 2.18. The Kier molecular flexibility index (Phi) is 5.25. The number of rotatable bonds is 6. The highest BCUT2D eigenvalue weighted by Gasteiger charge is 2.14. The molecule has 0 saturated carbocycles. The van der Waals surface area contributed by atoms with Crippen LogP contribution in [0.4, 0.5) is 0 Å². The Bertz CT molecular complexity index is 1110. The fraction of sp³-hybridized carbons (Fsp3) is 0.368. The topological polar surface area (TPSA) is 90.9 Å². The van der Waals surface area contributed by atoms with Gasteiger partial charge in [0.15, 0.2) is 11.2 Å². The van der Waals surface area contributed by atoms with Gasteiger partial charge >= 0.3 is 5.69 Å². The Labute approximate surface area is 156 Å². The Morgan fingerprint density at radius 1 is 1.15 bits per heavy atom. The lowest BCUT2D eigenvalue weighted by Gasteiger charge is -2.09. The van der Waals surface area contributed by atoms with Gasteiger partial charge in [-0.2, -0.15) is 0 Å². The third kappa shape index (κ3) is 3.69. The third-order valence-corrected chi connectivity index (χ3v) is 4.76. The number of amides is 1. The van der Waals surface area contributed by atoms with Crippen molar-refractivity contribution in [1.29, 1.82) is 0 Å². The fourth-order valence-corrected chi connectivity index (χ4v) is 3.07. The standard InChI is InChI=1S/C19H23N5O3/c1-13-7-4-5-8-14(13)11-20-15(25)9-6-10-24-12-21-17-16(24)18(26)23(3)19(27)22(17)2/h4-5,7-8,12H,6,9-11H2,1-3H3,(H,20,25). The molecule has 0 aliphatic heterocycles. The molecule has 0 spiro atoms. The van der Waals surface area contributed by atoms with Crippen LogP contribution in [0.1, 0.15) is 24.0 Å². The van der Waals surface area contributed by atoms with Crippen LogP contribution < -0.4 is 16.6 Å². The number of nitrogens with one attached hydrogen (secondary N) is 1. The molecule has 0 bridgehead atoms. The second-order valence-electron chi connectivity index (χ2n) is 6.62. The van der Waals surface area contributed by atoms with Crippen molar-refractivity contribution in [3.05, 3.63) is 62.6 Å². The molecular weight excluding hydrogens is 346 g/mol. The van der Waals surface area contributed by atoms with Gasteiger partial charge < -0.3 is 9.88 Å². The van der Waals surface area contributed by atoms with Crippen molar-refractivity contribution in [3.63, 3.8) is 0 Å². The molecule has 27 heavy (non-hydrogen) atoms. The minimum absolute atomic E-state index is 0.0389. The normalized spacial score (nSPS) is 11.1. The van der Waals surface area contributed by atoms with Crippen LogP contribution in [0.3, 0.4) is 0 Å². The maximum absolute atomic E-state index is 12.4. The molecule has 2 aromatic heterocycles. The van der Waals surface area contributed by atoms with Crippen LogP contribution in [0.15, 0.2) is 40.2 Å². The Balaban J connectivity index is 1.63. The lowest BCUT2D eigenvalue weighted by atomic mass is 10.1. The zero-order chi connectivity index (χ0) is 19.6. The van der Waals surface area contributed by atoms with Gasteiger partial charge in [0.05, 0.1) is 6.33 Å². The smallest absolute Gasteiger partial charge is 0.332 e. The van der Waals surface area contributed by atoms with E-state index in [4.69, 9.17) is 0 Å². The van der Waals surface area contributed by atoms with E-state index in [0.29, 0.717) is 37.1 Å². The van der Waals surface area contributed by atoms with Crippen LogP contribution in [-0.4, -0.2) is 24.6 Å². The fourth-order valence-electron chi connectivity index (χ4n) is 3.07. The first-order valence-corrected chi connectivity index (χ1v) is 8.82. The highest BCUT2D eigenvalue weighted by atomic mass is 16.2. The maximum atomic E-state index is 12.4. The van der Waals surface area contributed by atoms with E-state index in [1.54, 1.807) is 11.6 Å². The van der Waals surface area contributed by atoms with E-state index in [2.05, 4.69) is 10.3 Å². The summed E-state index contributed by atoms with van der Waals surface area (Å²) in [6.45, 7) is 2.99. The minimum atomic E-state index is -0.409. The zero-order valence-corrected chi connectivity index (χ0v) is 15.7. The molecule has 1 N–H and O–H groups in total. The predicted molar refractivity (Wildman–Crippen MR) is 102 cm³/mol. The summed E-state index contributed by atoms with van der Waals surface area (Å²) in [6.07, 6.45) is 2.45. The summed E-state index contributed by atoms with van der Waals surface area (Å²) < 4.78 is 4.11. The number of aryl methyl sites for hydroxylation is 3. The molecule has 0 atom stereocenters. The van der Waals surface area contributed by atoms with E-state index in [0.717, 1.165) is 15.7 Å². The van der Waals surface area contributed by atoms with E-state index in [1.165, 1.54) is 17.9 Å². The lowest BCUT2D eigenvalue weighted by molar-refractivity contribution is -0.121. The van der Waals surface area contributed by atoms with Crippen LogP contribution in [0.5, 0.6) is 0 Å². The third-order valence-electron chi connectivity index (χ3n) is 4.76.